The highest BCUT2D eigenvalue weighted by Gasteiger charge is 2.47. The lowest BCUT2D eigenvalue weighted by molar-refractivity contribution is -0.141. The van der Waals surface area contributed by atoms with E-state index in [9.17, 15) is 9.59 Å². The molecule has 0 saturated carbocycles. The second-order valence-corrected chi connectivity index (χ2v) is 9.33. The van der Waals surface area contributed by atoms with Gasteiger partial charge >= 0.3 is 5.97 Å². The number of aliphatic imine (C=N–C) groups is 1. The van der Waals surface area contributed by atoms with Crippen LogP contribution >= 0.6 is 23.5 Å². The predicted molar refractivity (Wildman–Crippen MR) is 115 cm³/mol. The Kier molecular flexibility index (Phi) is 6.55. The van der Waals surface area contributed by atoms with E-state index in [1.54, 1.807) is 16.7 Å². The van der Waals surface area contributed by atoms with Gasteiger partial charge in [0, 0.05) is 4.90 Å². The van der Waals surface area contributed by atoms with Gasteiger partial charge in [0.05, 0.1) is 29.2 Å². The van der Waals surface area contributed by atoms with Gasteiger partial charge in [0.25, 0.3) is 0 Å². The fourth-order valence-electron chi connectivity index (χ4n) is 3.27. The molecule has 5 nitrogen and oxygen atoms in total. The lowest BCUT2D eigenvalue weighted by atomic mass is 9.94. The minimum Gasteiger partial charge on any atom is -0.462 e. The van der Waals surface area contributed by atoms with Crippen LogP contribution in [-0.4, -0.2) is 40.1 Å². The number of amidine groups is 1. The molecule has 3 rings (SSSR count). The molecule has 1 amide bonds. The summed E-state index contributed by atoms with van der Waals surface area (Å²) in [5, 5.41) is 0.513. The number of carbonyl (C=O) groups is 2. The standard InChI is InChI=1S/C21H26N2O3S2/c1-6-16-19(24)23-18(14-7-9-15(27-5)10-8-14)17(13(4)22-21(23)28-16)20(25)26-11-12(2)3/h7-10,12,16,18H,6,11H2,1-5H3/t16-,18+/m1/s1. The monoisotopic (exact) mass is 418 g/mol. The molecule has 0 radical (unpaired) electrons. The Morgan fingerprint density at radius 1 is 1.32 bits per heavy atom. The molecule has 0 spiro atoms. The Morgan fingerprint density at radius 3 is 2.57 bits per heavy atom. The van der Waals surface area contributed by atoms with Crippen molar-refractivity contribution in [1.82, 2.24) is 4.90 Å². The van der Waals surface area contributed by atoms with Gasteiger partial charge in [-0.1, -0.05) is 44.7 Å². The SMILES string of the molecule is CC[C@H]1SC2=NC(C)=C(C(=O)OCC(C)C)[C@H](c3ccc(SC)cc3)N2C1=O. The molecule has 7 heteroatoms. The Hall–Kier alpha value is -1.73. The van der Waals surface area contributed by atoms with Crippen LogP contribution in [0.1, 0.15) is 45.7 Å². The summed E-state index contributed by atoms with van der Waals surface area (Å²) in [5.41, 5.74) is 1.97. The van der Waals surface area contributed by atoms with E-state index in [-0.39, 0.29) is 17.1 Å². The molecule has 1 aromatic rings. The number of thioether (sulfide) groups is 2. The second kappa shape index (κ2) is 8.74. The van der Waals surface area contributed by atoms with Crippen LogP contribution in [0.5, 0.6) is 0 Å². The normalized spacial score (nSPS) is 21.9. The molecule has 0 bridgehead atoms. The summed E-state index contributed by atoms with van der Waals surface area (Å²) in [6.45, 7) is 8.15. The number of fused-ring (bicyclic) bond motifs is 1. The number of amides is 1. The predicted octanol–water partition coefficient (Wildman–Crippen LogP) is 4.65. The molecule has 28 heavy (non-hydrogen) atoms. The first-order valence-electron chi connectivity index (χ1n) is 9.47. The molecule has 0 aromatic heterocycles. The number of carbonyl (C=O) groups excluding carboxylic acids is 2. The van der Waals surface area contributed by atoms with Crippen molar-refractivity contribution in [2.45, 2.75) is 50.3 Å². The molecule has 0 aliphatic carbocycles. The molecule has 0 unspecified atom stereocenters. The van der Waals surface area contributed by atoms with Crippen LogP contribution in [0.3, 0.4) is 0 Å². The van der Waals surface area contributed by atoms with Gasteiger partial charge in [0.2, 0.25) is 5.91 Å². The first kappa shape index (κ1) is 21.0. The van der Waals surface area contributed by atoms with E-state index in [1.807, 2.05) is 58.2 Å². The third kappa shape index (κ3) is 4.01. The van der Waals surface area contributed by atoms with Gasteiger partial charge in [-0.3, -0.25) is 9.69 Å². The number of benzene rings is 1. The third-order valence-electron chi connectivity index (χ3n) is 4.72. The number of allylic oxidation sites excluding steroid dienone is 1. The van der Waals surface area contributed by atoms with Crippen LogP contribution in [-0.2, 0) is 14.3 Å². The highest BCUT2D eigenvalue weighted by molar-refractivity contribution is 8.15. The Balaban J connectivity index is 2.05. The zero-order chi connectivity index (χ0) is 20.4. The number of rotatable bonds is 6. The van der Waals surface area contributed by atoms with Crippen LogP contribution in [0.25, 0.3) is 0 Å². The minimum absolute atomic E-state index is 0.00635. The molecular formula is C21H26N2O3S2. The van der Waals surface area contributed by atoms with Crippen molar-refractivity contribution in [3.8, 4) is 0 Å². The van der Waals surface area contributed by atoms with Crippen LogP contribution < -0.4 is 0 Å². The summed E-state index contributed by atoms with van der Waals surface area (Å²) in [5.74, 6) is -0.155. The topological polar surface area (TPSA) is 59.0 Å². The van der Waals surface area contributed by atoms with Crippen LogP contribution in [0.2, 0.25) is 0 Å². The number of nitrogens with zero attached hydrogens (tertiary/aromatic N) is 2. The van der Waals surface area contributed by atoms with E-state index >= 15 is 0 Å². The van der Waals surface area contributed by atoms with E-state index in [0.717, 1.165) is 16.9 Å². The number of hydrogen-bond acceptors (Lipinski definition) is 6. The first-order valence-corrected chi connectivity index (χ1v) is 11.6. The number of ether oxygens (including phenoxy) is 1. The maximum absolute atomic E-state index is 13.1. The molecule has 1 saturated heterocycles. The summed E-state index contributed by atoms with van der Waals surface area (Å²) in [7, 11) is 0. The molecule has 1 fully saturated rings. The van der Waals surface area contributed by atoms with Gasteiger partial charge in [-0.2, -0.15) is 0 Å². The first-order chi connectivity index (χ1) is 13.4. The largest absolute Gasteiger partial charge is 0.462 e. The highest BCUT2D eigenvalue weighted by Crippen LogP contribution is 2.44. The molecule has 2 atom stereocenters. The second-order valence-electron chi connectivity index (χ2n) is 7.28. The van der Waals surface area contributed by atoms with Gasteiger partial charge in [-0.15, -0.1) is 11.8 Å². The van der Waals surface area contributed by atoms with Gasteiger partial charge in [0.1, 0.15) is 0 Å². The average molecular weight is 419 g/mol. The molecule has 150 valence electrons. The summed E-state index contributed by atoms with van der Waals surface area (Å²) in [6.07, 6.45) is 2.74. The summed E-state index contributed by atoms with van der Waals surface area (Å²) in [6, 6.07) is 7.50. The summed E-state index contributed by atoms with van der Waals surface area (Å²) in [4.78, 5) is 33.4. The van der Waals surface area contributed by atoms with Crippen LogP contribution in [0.4, 0.5) is 0 Å². The number of hydrogen-bond donors (Lipinski definition) is 0. The zero-order valence-corrected chi connectivity index (χ0v) is 18.5. The van der Waals surface area contributed by atoms with Gasteiger partial charge in [-0.25, -0.2) is 9.79 Å². The Labute approximate surface area is 175 Å². The van der Waals surface area contributed by atoms with Crippen molar-refractivity contribution in [3.05, 3.63) is 41.1 Å². The zero-order valence-electron chi connectivity index (χ0n) is 16.9. The fourth-order valence-corrected chi connectivity index (χ4v) is 4.81. The van der Waals surface area contributed by atoms with Gasteiger partial charge in [-0.05, 0) is 43.2 Å². The van der Waals surface area contributed by atoms with E-state index < -0.39 is 12.0 Å². The van der Waals surface area contributed by atoms with Crippen LogP contribution in [0, 0.1) is 5.92 Å². The molecule has 0 N–H and O–H groups in total. The van der Waals surface area contributed by atoms with E-state index in [4.69, 9.17) is 4.74 Å². The summed E-state index contributed by atoms with van der Waals surface area (Å²) < 4.78 is 5.53. The van der Waals surface area contributed by atoms with E-state index in [1.165, 1.54) is 11.8 Å². The maximum Gasteiger partial charge on any atom is 0.338 e. The fraction of sp³-hybridized carbons (Fsp3) is 0.476. The van der Waals surface area contributed by atoms with Crippen molar-refractivity contribution in [2.24, 2.45) is 10.9 Å². The minimum atomic E-state index is -0.500. The number of esters is 1. The van der Waals surface area contributed by atoms with Crippen molar-refractivity contribution in [3.63, 3.8) is 0 Å². The molecule has 2 aliphatic heterocycles. The highest BCUT2D eigenvalue weighted by atomic mass is 32.2. The van der Waals surface area contributed by atoms with Crippen molar-refractivity contribution >= 4 is 40.6 Å². The van der Waals surface area contributed by atoms with E-state index in [0.29, 0.717) is 23.0 Å². The quantitative estimate of drug-likeness (QED) is 0.497. The van der Waals surface area contributed by atoms with Crippen molar-refractivity contribution < 1.29 is 14.3 Å². The Morgan fingerprint density at radius 2 is 2.00 bits per heavy atom. The van der Waals surface area contributed by atoms with E-state index in [2.05, 4.69) is 4.99 Å². The average Bonchev–Trinajstić information content (AvgIpc) is 3.00. The molecular weight excluding hydrogens is 392 g/mol. The van der Waals surface area contributed by atoms with Crippen LogP contribution in [0.15, 0.2) is 45.4 Å². The van der Waals surface area contributed by atoms with Crippen molar-refractivity contribution in [1.29, 1.82) is 0 Å². The third-order valence-corrected chi connectivity index (χ3v) is 6.78. The molecule has 2 heterocycles. The van der Waals surface area contributed by atoms with Gasteiger partial charge < -0.3 is 4.74 Å². The molecule has 2 aliphatic rings. The Bertz CT molecular complexity index is 831. The van der Waals surface area contributed by atoms with Crippen molar-refractivity contribution in [2.75, 3.05) is 12.9 Å². The van der Waals surface area contributed by atoms with Gasteiger partial charge in [0.15, 0.2) is 5.17 Å². The molecule has 1 aromatic carbocycles. The maximum atomic E-state index is 13.1. The smallest absolute Gasteiger partial charge is 0.338 e. The lowest BCUT2D eigenvalue weighted by Gasteiger charge is -2.33. The lowest BCUT2D eigenvalue weighted by Crippen LogP contribution is -2.40. The summed E-state index contributed by atoms with van der Waals surface area (Å²) >= 11 is 3.14.